The van der Waals surface area contributed by atoms with Crippen molar-refractivity contribution in [2.24, 2.45) is 0 Å². The minimum Gasteiger partial charge on any atom is -0.442 e. The van der Waals surface area contributed by atoms with Crippen LogP contribution in [-0.2, 0) is 14.3 Å². The topological polar surface area (TPSA) is 79.0 Å². The highest BCUT2D eigenvalue weighted by Crippen LogP contribution is 2.35. The van der Waals surface area contributed by atoms with Crippen molar-refractivity contribution in [3.63, 3.8) is 0 Å². The molecule has 29 heavy (non-hydrogen) atoms. The van der Waals surface area contributed by atoms with E-state index in [1.807, 2.05) is 30.3 Å². The Morgan fingerprint density at radius 3 is 2.55 bits per heavy atom. The molecule has 7 nitrogen and oxygen atoms in total. The van der Waals surface area contributed by atoms with Gasteiger partial charge in [-0.1, -0.05) is 22.0 Å². The fourth-order valence-electron chi connectivity index (χ4n) is 3.60. The number of halogens is 1. The summed E-state index contributed by atoms with van der Waals surface area (Å²) in [5.74, 6) is 0.00385. The molecule has 4 rings (SSSR count). The number of cyclic esters (lactones) is 1. The molecule has 154 valence electrons. The monoisotopic (exact) mass is 479 g/mol. The first kappa shape index (κ1) is 20.3. The fourth-order valence-corrected chi connectivity index (χ4v) is 5.23. The maximum Gasteiger partial charge on any atom is 0.414 e. The number of allylic oxidation sites excluding steroid dienone is 1. The molecule has 2 atom stereocenters. The lowest BCUT2D eigenvalue weighted by Crippen LogP contribution is -2.35. The molecular weight excluding hydrogens is 458 g/mol. The van der Waals surface area contributed by atoms with Crippen LogP contribution in [0, 0.1) is 0 Å². The zero-order valence-corrected chi connectivity index (χ0v) is 18.2. The molecule has 3 amide bonds. The van der Waals surface area contributed by atoms with Gasteiger partial charge in [0.1, 0.15) is 6.10 Å². The largest absolute Gasteiger partial charge is 0.442 e. The van der Waals surface area contributed by atoms with Crippen molar-refractivity contribution < 1.29 is 19.1 Å². The van der Waals surface area contributed by atoms with E-state index in [0.717, 1.165) is 31.5 Å². The zero-order valence-electron chi connectivity index (χ0n) is 15.8. The Kier molecular flexibility index (Phi) is 6.15. The van der Waals surface area contributed by atoms with Gasteiger partial charge in [0.2, 0.25) is 5.91 Å². The van der Waals surface area contributed by atoms with E-state index in [4.69, 9.17) is 4.74 Å². The van der Waals surface area contributed by atoms with Gasteiger partial charge in [-0.15, -0.1) is 11.8 Å². The van der Waals surface area contributed by atoms with Gasteiger partial charge in [0, 0.05) is 24.3 Å². The number of benzene rings is 1. The molecule has 0 bridgehead atoms. The number of hydrogen-bond acceptors (Lipinski definition) is 5. The van der Waals surface area contributed by atoms with E-state index in [-0.39, 0.29) is 22.5 Å². The Hall–Kier alpha value is -2.00. The molecule has 3 aliphatic heterocycles. The predicted molar refractivity (Wildman–Crippen MR) is 116 cm³/mol. The van der Waals surface area contributed by atoms with Crippen LogP contribution in [-0.4, -0.2) is 47.8 Å². The highest BCUT2D eigenvalue weighted by molar-refractivity contribution is 9.11. The van der Waals surface area contributed by atoms with E-state index in [1.165, 1.54) is 11.8 Å². The van der Waals surface area contributed by atoms with Gasteiger partial charge in [-0.2, -0.15) is 0 Å². The molecule has 0 spiro atoms. The molecule has 2 saturated heterocycles. The van der Waals surface area contributed by atoms with Crippen LogP contribution in [0.1, 0.15) is 25.7 Å². The van der Waals surface area contributed by atoms with Gasteiger partial charge in [0.05, 0.1) is 22.2 Å². The number of piperidine rings is 1. The molecule has 0 aliphatic carbocycles. The number of hydrogen-bond donors (Lipinski definition) is 1. The Morgan fingerprint density at radius 1 is 1.17 bits per heavy atom. The lowest BCUT2D eigenvalue weighted by Gasteiger charge is -2.27. The van der Waals surface area contributed by atoms with Crippen LogP contribution in [0.25, 0.3) is 0 Å². The lowest BCUT2D eigenvalue weighted by atomic mass is 10.1. The molecule has 1 aromatic rings. The summed E-state index contributed by atoms with van der Waals surface area (Å²) in [6, 6.07) is 7.38. The second-order valence-electron chi connectivity index (χ2n) is 7.18. The van der Waals surface area contributed by atoms with Crippen LogP contribution in [0.15, 0.2) is 35.2 Å². The first-order valence-electron chi connectivity index (χ1n) is 9.69. The standard InChI is InChI=1S/C20H22BrN3O4S/c21-17-9-8-16(29-17)19(26)22-11-15-12-24(20(27)28-15)14-6-4-13(5-7-14)23-10-2-1-3-18(23)25/h4-8,15,17H,1-3,9-12H2,(H,22,26)/t15-,17?/m0/s1. The van der Waals surface area contributed by atoms with Crippen LogP contribution in [0.2, 0.25) is 0 Å². The molecule has 2 fully saturated rings. The van der Waals surface area contributed by atoms with Crippen LogP contribution in [0.4, 0.5) is 16.2 Å². The summed E-state index contributed by atoms with van der Waals surface area (Å²) < 4.78 is 5.64. The summed E-state index contributed by atoms with van der Waals surface area (Å²) in [5.41, 5.74) is 1.57. The van der Waals surface area contributed by atoms with Crippen molar-refractivity contribution in [3.05, 3.63) is 35.2 Å². The fraction of sp³-hybridized carbons (Fsp3) is 0.450. The maximum atomic E-state index is 12.3. The first-order valence-corrected chi connectivity index (χ1v) is 11.5. The summed E-state index contributed by atoms with van der Waals surface area (Å²) in [7, 11) is 0. The summed E-state index contributed by atoms with van der Waals surface area (Å²) in [6.07, 6.45) is 4.42. The number of carbonyl (C=O) groups excluding carboxylic acids is 3. The van der Waals surface area contributed by atoms with Gasteiger partial charge in [-0.3, -0.25) is 14.5 Å². The number of amides is 3. The second-order valence-corrected chi connectivity index (χ2v) is 10.1. The molecule has 9 heteroatoms. The predicted octanol–water partition coefficient (Wildman–Crippen LogP) is 3.39. The number of carbonyl (C=O) groups is 3. The molecular formula is C20H22BrN3O4S. The highest BCUT2D eigenvalue weighted by atomic mass is 79.9. The Labute approximate surface area is 181 Å². The van der Waals surface area contributed by atoms with Crippen molar-refractivity contribution in [3.8, 4) is 0 Å². The Balaban J connectivity index is 1.33. The van der Waals surface area contributed by atoms with Crippen LogP contribution in [0.3, 0.4) is 0 Å². The summed E-state index contributed by atoms with van der Waals surface area (Å²) in [4.78, 5) is 40.6. The van der Waals surface area contributed by atoms with E-state index in [2.05, 4.69) is 21.2 Å². The summed E-state index contributed by atoms with van der Waals surface area (Å²) >= 11 is 4.96. The van der Waals surface area contributed by atoms with E-state index < -0.39 is 12.2 Å². The SMILES string of the molecule is O=C(NC[C@H]1CN(c2ccc(N3CCCCC3=O)cc2)C(=O)O1)C1=CCC(Br)S1. The van der Waals surface area contributed by atoms with Gasteiger partial charge in [-0.25, -0.2) is 4.79 Å². The summed E-state index contributed by atoms with van der Waals surface area (Å²) in [5, 5.41) is 2.84. The van der Waals surface area contributed by atoms with Crippen LogP contribution < -0.4 is 15.1 Å². The van der Waals surface area contributed by atoms with E-state index in [1.54, 1.807) is 9.80 Å². The number of nitrogens with one attached hydrogen (secondary N) is 1. The average Bonchev–Trinajstić information content (AvgIpc) is 3.32. The van der Waals surface area contributed by atoms with Gasteiger partial charge < -0.3 is 15.0 Å². The molecule has 1 N–H and O–H groups in total. The van der Waals surface area contributed by atoms with E-state index in [0.29, 0.717) is 23.6 Å². The average molecular weight is 480 g/mol. The summed E-state index contributed by atoms with van der Waals surface area (Å²) in [6.45, 7) is 1.37. The number of anilines is 2. The normalized spacial score (nSPS) is 24.5. The lowest BCUT2D eigenvalue weighted by molar-refractivity contribution is -0.119. The minimum absolute atomic E-state index is 0.137. The van der Waals surface area contributed by atoms with Crippen LogP contribution >= 0.6 is 27.7 Å². The molecule has 1 aromatic carbocycles. The number of ether oxygens (including phenoxy) is 1. The zero-order chi connectivity index (χ0) is 20.4. The quantitative estimate of drug-likeness (QED) is 0.654. The minimum atomic E-state index is -0.430. The Morgan fingerprint density at radius 2 is 1.90 bits per heavy atom. The smallest absolute Gasteiger partial charge is 0.414 e. The third-order valence-corrected chi connectivity index (χ3v) is 7.12. The number of nitrogens with zero attached hydrogens (tertiary/aromatic N) is 2. The van der Waals surface area contributed by atoms with Crippen LogP contribution in [0.5, 0.6) is 0 Å². The van der Waals surface area contributed by atoms with Gasteiger partial charge in [-0.05, 0) is 43.5 Å². The molecule has 0 saturated carbocycles. The molecule has 1 unspecified atom stereocenters. The third kappa shape index (κ3) is 4.61. The first-order chi connectivity index (χ1) is 14.0. The Bertz CT molecular complexity index is 845. The van der Waals surface area contributed by atoms with Crippen molar-refractivity contribution in [2.45, 2.75) is 35.9 Å². The molecule has 3 heterocycles. The van der Waals surface area contributed by atoms with Gasteiger partial charge in [0.15, 0.2) is 0 Å². The third-order valence-electron chi connectivity index (χ3n) is 5.13. The number of rotatable bonds is 5. The number of alkyl halides is 1. The van der Waals surface area contributed by atoms with Crippen molar-refractivity contribution in [1.82, 2.24) is 5.32 Å². The molecule has 0 radical (unpaired) electrons. The molecule has 3 aliphatic rings. The van der Waals surface area contributed by atoms with E-state index >= 15 is 0 Å². The van der Waals surface area contributed by atoms with Gasteiger partial charge in [0.25, 0.3) is 5.91 Å². The van der Waals surface area contributed by atoms with Crippen molar-refractivity contribution in [1.29, 1.82) is 0 Å². The maximum absolute atomic E-state index is 12.3. The van der Waals surface area contributed by atoms with Gasteiger partial charge >= 0.3 is 6.09 Å². The second kappa shape index (κ2) is 8.79. The molecule has 0 aromatic heterocycles. The van der Waals surface area contributed by atoms with E-state index in [9.17, 15) is 14.4 Å². The van der Waals surface area contributed by atoms with Crippen molar-refractivity contribution >= 4 is 57.0 Å². The highest BCUT2D eigenvalue weighted by Gasteiger charge is 2.33. The number of thioether (sulfide) groups is 1. The van der Waals surface area contributed by atoms with Crippen molar-refractivity contribution in [2.75, 3.05) is 29.4 Å².